The third-order valence-electron chi connectivity index (χ3n) is 1.23. The first-order valence-electron chi connectivity index (χ1n) is 2.86. The Morgan fingerprint density at radius 1 is 1.27 bits per heavy atom. The highest BCUT2D eigenvalue weighted by Crippen LogP contribution is 2.40. The molecular formula is C7H7O4. The van der Waals surface area contributed by atoms with Gasteiger partial charge in [0.2, 0.25) is 11.5 Å². The van der Waals surface area contributed by atoms with Gasteiger partial charge in [-0.1, -0.05) is 0 Å². The molecule has 1 aromatic rings. The summed E-state index contributed by atoms with van der Waals surface area (Å²) < 4.78 is 4.60. The summed E-state index contributed by atoms with van der Waals surface area (Å²) in [6.07, 6.45) is 0. The average molecular weight is 155 g/mol. The van der Waals surface area contributed by atoms with Crippen LogP contribution in [0.4, 0.5) is 0 Å². The Morgan fingerprint density at radius 2 is 1.91 bits per heavy atom. The highest BCUT2D eigenvalue weighted by molar-refractivity contribution is 5.55. The van der Waals surface area contributed by atoms with Crippen molar-refractivity contribution in [2.45, 2.75) is 0 Å². The summed E-state index contributed by atoms with van der Waals surface area (Å²) >= 11 is 0. The van der Waals surface area contributed by atoms with Crippen molar-refractivity contribution < 1.29 is 20.1 Å². The molecule has 1 rings (SSSR count). The SMILES string of the molecule is COc1[c]cc(O)c(O)c1O. The molecule has 0 spiro atoms. The molecule has 0 saturated carbocycles. The Labute approximate surface area is 63.3 Å². The standard InChI is InChI=1S/C7H7O4/c1-11-5-3-2-4(8)6(9)7(5)10/h2,8-10H,1H3. The third-order valence-corrected chi connectivity index (χ3v) is 1.23. The third kappa shape index (κ3) is 1.14. The van der Waals surface area contributed by atoms with Crippen molar-refractivity contribution in [3.63, 3.8) is 0 Å². The second-order valence-electron chi connectivity index (χ2n) is 1.90. The maximum absolute atomic E-state index is 9.01. The highest BCUT2D eigenvalue weighted by Gasteiger charge is 2.10. The maximum Gasteiger partial charge on any atom is 0.205 e. The Morgan fingerprint density at radius 3 is 2.45 bits per heavy atom. The van der Waals surface area contributed by atoms with Crippen LogP contribution in [0, 0.1) is 6.07 Å². The molecule has 0 amide bonds. The summed E-state index contributed by atoms with van der Waals surface area (Å²) in [5.74, 6) is -1.53. The first kappa shape index (κ1) is 7.53. The lowest BCUT2D eigenvalue weighted by molar-refractivity contribution is 0.335. The smallest absolute Gasteiger partial charge is 0.205 e. The lowest BCUT2D eigenvalue weighted by atomic mass is 10.3. The van der Waals surface area contributed by atoms with Gasteiger partial charge in [-0.15, -0.1) is 0 Å². The van der Waals surface area contributed by atoms with Gasteiger partial charge in [0, 0.05) is 6.07 Å². The molecule has 59 valence electrons. The van der Waals surface area contributed by atoms with Gasteiger partial charge in [0.25, 0.3) is 0 Å². The number of rotatable bonds is 1. The van der Waals surface area contributed by atoms with Crippen LogP contribution in [0.3, 0.4) is 0 Å². The number of benzene rings is 1. The van der Waals surface area contributed by atoms with E-state index in [1.807, 2.05) is 0 Å². The fourth-order valence-electron chi connectivity index (χ4n) is 0.655. The molecular weight excluding hydrogens is 148 g/mol. The van der Waals surface area contributed by atoms with Crippen LogP contribution in [0.1, 0.15) is 0 Å². The second-order valence-corrected chi connectivity index (χ2v) is 1.90. The Bertz CT molecular complexity index is 269. The molecule has 0 saturated heterocycles. The van der Waals surface area contributed by atoms with Gasteiger partial charge in [0.1, 0.15) is 0 Å². The molecule has 0 unspecified atom stereocenters. The fraction of sp³-hybridized carbons (Fsp3) is 0.143. The van der Waals surface area contributed by atoms with Crippen LogP contribution < -0.4 is 4.74 Å². The normalized spacial score (nSPS) is 9.55. The van der Waals surface area contributed by atoms with Gasteiger partial charge in [-0.05, 0) is 6.07 Å². The summed E-state index contributed by atoms with van der Waals surface area (Å²) in [7, 11) is 1.32. The molecule has 0 bridgehead atoms. The van der Waals surface area contributed by atoms with Crippen LogP contribution in [0.5, 0.6) is 23.0 Å². The quantitative estimate of drug-likeness (QED) is 0.520. The molecule has 1 aromatic carbocycles. The van der Waals surface area contributed by atoms with Gasteiger partial charge < -0.3 is 20.1 Å². The molecule has 0 atom stereocenters. The molecule has 4 heteroatoms. The van der Waals surface area contributed by atoms with E-state index < -0.39 is 17.2 Å². The number of aromatic hydroxyl groups is 3. The van der Waals surface area contributed by atoms with Crippen molar-refractivity contribution >= 4 is 0 Å². The molecule has 0 heterocycles. The zero-order chi connectivity index (χ0) is 8.43. The Balaban J connectivity index is 3.25. The van der Waals surface area contributed by atoms with Gasteiger partial charge in [0.15, 0.2) is 11.5 Å². The van der Waals surface area contributed by atoms with Crippen molar-refractivity contribution in [1.82, 2.24) is 0 Å². The zero-order valence-corrected chi connectivity index (χ0v) is 5.83. The minimum atomic E-state index is -0.597. The summed E-state index contributed by atoms with van der Waals surface area (Å²) in [5.41, 5.74) is 0. The number of phenols is 3. The van der Waals surface area contributed by atoms with Crippen molar-refractivity contribution in [1.29, 1.82) is 0 Å². The molecule has 0 fully saturated rings. The molecule has 11 heavy (non-hydrogen) atoms. The van der Waals surface area contributed by atoms with Gasteiger partial charge in [-0.2, -0.15) is 0 Å². The van der Waals surface area contributed by atoms with E-state index in [2.05, 4.69) is 10.8 Å². The average Bonchev–Trinajstić information content (AvgIpc) is 2.01. The molecule has 3 N–H and O–H groups in total. The summed E-state index contributed by atoms with van der Waals surface area (Å²) in [5, 5.41) is 26.8. The van der Waals surface area contributed by atoms with E-state index in [0.717, 1.165) is 6.07 Å². The van der Waals surface area contributed by atoms with Gasteiger partial charge in [0.05, 0.1) is 7.11 Å². The molecule has 0 aliphatic carbocycles. The number of hydrogen-bond donors (Lipinski definition) is 3. The van der Waals surface area contributed by atoms with Crippen LogP contribution in [0.2, 0.25) is 0 Å². The molecule has 4 nitrogen and oxygen atoms in total. The number of methoxy groups -OCH3 is 1. The Hall–Kier alpha value is -1.58. The zero-order valence-electron chi connectivity index (χ0n) is 5.83. The first-order chi connectivity index (χ1) is 5.16. The molecule has 0 aromatic heterocycles. The number of ether oxygens (including phenoxy) is 1. The summed E-state index contributed by atoms with van der Waals surface area (Å²) in [4.78, 5) is 0. The van der Waals surface area contributed by atoms with Gasteiger partial charge in [-0.3, -0.25) is 0 Å². The van der Waals surface area contributed by atoms with Crippen molar-refractivity contribution in [2.75, 3.05) is 7.11 Å². The van der Waals surface area contributed by atoms with Crippen molar-refractivity contribution in [3.8, 4) is 23.0 Å². The Kier molecular flexibility index (Phi) is 1.76. The van der Waals surface area contributed by atoms with E-state index in [1.165, 1.54) is 7.11 Å². The van der Waals surface area contributed by atoms with E-state index in [9.17, 15) is 0 Å². The lowest BCUT2D eigenvalue weighted by Crippen LogP contribution is -1.83. The predicted molar refractivity (Wildman–Crippen MR) is 36.8 cm³/mol. The van der Waals surface area contributed by atoms with Crippen molar-refractivity contribution in [3.05, 3.63) is 12.1 Å². The van der Waals surface area contributed by atoms with Gasteiger partial charge >= 0.3 is 0 Å². The van der Waals surface area contributed by atoms with E-state index in [-0.39, 0.29) is 5.75 Å². The van der Waals surface area contributed by atoms with Crippen LogP contribution in [0.15, 0.2) is 6.07 Å². The second kappa shape index (κ2) is 2.57. The molecule has 1 radical (unpaired) electrons. The largest absolute Gasteiger partial charge is 0.504 e. The van der Waals surface area contributed by atoms with E-state index in [1.54, 1.807) is 0 Å². The summed E-state index contributed by atoms with van der Waals surface area (Å²) in [6, 6.07) is 3.52. The maximum atomic E-state index is 9.01. The first-order valence-corrected chi connectivity index (χ1v) is 2.86. The topological polar surface area (TPSA) is 69.9 Å². The minimum Gasteiger partial charge on any atom is -0.504 e. The predicted octanol–water partition coefficient (Wildman–Crippen LogP) is 0.612. The van der Waals surface area contributed by atoms with Crippen LogP contribution in [-0.2, 0) is 0 Å². The monoisotopic (exact) mass is 155 g/mol. The van der Waals surface area contributed by atoms with E-state index >= 15 is 0 Å². The number of phenolic OH excluding ortho intramolecular Hbond substituents is 3. The minimum absolute atomic E-state index is 0.000278. The van der Waals surface area contributed by atoms with Gasteiger partial charge in [-0.25, -0.2) is 0 Å². The van der Waals surface area contributed by atoms with Crippen LogP contribution >= 0.6 is 0 Å². The fourth-order valence-corrected chi connectivity index (χ4v) is 0.655. The van der Waals surface area contributed by atoms with Crippen LogP contribution in [0.25, 0.3) is 0 Å². The van der Waals surface area contributed by atoms with E-state index in [4.69, 9.17) is 15.3 Å². The highest BCUT2D eigenvalue weighted by atomic mass is 16.5. The summed E-state index contributed by atoms with van der Waals surface area (Å²) in [6.45, 7) is 0. The molecule has 0 aliphatic heterocycles. The van der Waals surface area contributed by atoms with E-state index in [0.29, 0.717) is 0 Å². The van der Waals surface area contributed by atoms with Crippen molar-refractivity contribution in [2.24, 2.45) is 0 Å². The van der Waals surface area contributed by atoms with Crippen LogP contribution in [-0.4, -0.2) is 22.4 Å². The number of hydrogen-bond acceptors (Lipinski definition) is 4. The molecule has 0 aliphatic rings. The lowest BCUT2D eigenvalue weighted by Gasteiger charge is -2.04.